The molecule has 0 bridgehead atoms. The monoisotopic (exact) mass is 295 g/mol. The van der Waals surface area contributed by atoms with Gasteiger partial charge in [0.25, 0.3) is 0 Å². The van der Waals surface area contributed by atoms with Gasteiger partial charge in [0.2, 0.25) is 15.9 Å². The number of carbonyl (C=O) groups excluding carboxylic acids is 1. The molecule has 0 saturated heterocycles. The van der Waals surface area contributed by atoms with Crippen LogP contribution in [-0.4, -0.2) is 19.6 Å². The van der Waals surface area contributed by atoms with Crippen molar-refractivity contribution in [3.8, 4) is 0 Å². The lowest BCUT2D eigenvalue weighted by molar-refractivity contribution is -0.121. The SMILES string of the molecule is CC(C)CC(C)S(=O)(=O)NC(=O)C1Cc2ccccc21. The molecule has 2 rings (SSSR count). The third kappa shape index (κ3) is 3.03. The minimum atomic E-state index is -3.58. The standard InChI is InChI=1S/C15H21NO3S/c1-10(2)8-11(3)20(18,19)16-15(17)14-9-12-6-4-5-7-13(12)14/h4-7,10-11,14H,8-9H2,1-3H3,(H,16,17). The molecule has 0 saturated carbocycles. The zero-order valence-electron chi connectivity index (χ0n) is 12.1. The predicted molar refractivity (Wildman–Crippen MR) is 78.9 cm³/mol. The van der Waals surface area contributed by atoms with Crippen LogP contribution in [-0.2, 0) is 21.2 Å². The van der Waals surface area contributed by atoms with Crippen molar-refractivity contribution in [3.05, 3.63) is 35.4 Å². The van der Waals surface area contributed by atoms with E-state index in [1.165, 1.54) is 0 Å². The van der Waals surface area contributed by atoms with E-state index in [9.17, 15) is 13.2 Å². The van der Waals surface area contributed by atoms with E-state index in [1.54, 1.807) is 6.92 Å². The van der Waals surface area contributed by atoms with E-state index in [0.29, 0.717) is 12.8 Å². The molecular weight excluding hydrogens is 274 g/mol. The minimum absolute atomic E-state index is 0.279. The topological polar surface area (TPSA) is 63.2 Å². The number of nitrogens with one attached hydrogen (secondary N) is 1. The zero-order chi connectivity index (χ0) is 14.9. The Morgan fingerprint density at radius 2 is 1.95 bits per heavy atom. The molecule has 0 aliphatic heterocycles. The van der Waals surface area contributed by atoms with Gasteiger partial charge in [-0.1, -0.05) is 38.1 Å². The van der Waals surface area contributed by atoms with E-state index >= 15 is 0 Å². The van der Waals surface area contributed by atoms with Crippen LogP contribution in [0.4, 0.5) is 0 Å². The summed E-state index contributed by atoms with van der Waals surface area (Å²) in [5.74, 6) is -0.451. The fourth-order valence-electron chi connectivity index (χ4n) is 2.60. The molecular formula is C15H21NO3S. The van der Waals surface area contributed by atoms with Crippen LogP contribution in [0.5, 0.6) is 0 Å². The van der Waals surface area contributed by atoms with Gasteiger partial charge < -0.3 is 0 Å². The summed E-state index contributed by atoms with van der Waals surface area (Å²) in [5.41, 5.74) is 2.07. The van der Waals surface area contributed by atoms with Crippen molar-refractivity contribution in [2.45, 2.75) is 44.8 Å². The summed E-state index contributed by atoms with van der Waals surface area (Å²) >= 11 is 0. The Kier molecular flexibility index (Phi) is 4.18. The molecule has 0 spiro atoms. The van der Waals surface area contributed by atoms with Crippen molar-refractivity contribution in [2.24, 2.45) is 5.92 Å². The zero-order valence-corrected chi connectivity index (χ0v) is 12.9. The highest BCUT2D eigenvalue weighted by molar-refractivity contribution is 7.90. The van der Waals surface area contributed by atoms with E-state index in [4.69, 9.17) is 0 Å². The number of fused-ring (bicyclic) bond motifs is 1. The fraction of sp³-hybridized carbons (Fsp3) is 0.533. The molecule has 0 fully saturated rings. The van der Waals surface area contributed by atoms with Gasteiger partial charge in [-0.05, 0) is 36.8 Å². The maximum absolute atomic E-state index is 12.1. The van der Waals surface area contributed by atoms with Crippen molar-refractivity contribution < 1.29 is 13.2 Å². The van der Waals surface area contributed by atoms with Gasteiger partial charge >= 0.3 is 0 Å². The molecule has 1 aliphatic rings. The number of hydrogen-bond donors (Lipinski definition) is 1. The first-order valence-corrected chi connectivity index (χ1v) is 8.49. The van der Waals surface area contributed by atoms with Gasteiger partial charge in [-0.15, -0.1) is 0 Å². The molecule has 1 aliphatic carbocycles. The van der Waals surface area contributed by atoms with Gasteiger partial charge in [0.15, 0.2) is 0 Å². The first-order chi connectivity index (χ1) is 9.31. The van der Waals surface area contributed by atoms with Crippen molar-refractivity contribution in [1.29, 1.82) is 0 Å². The molecule has 0 heterocycles. The van der Waals surface area contributed by atoms with E-state index < -0.39 is 21.2 Å². The molecule has 110 valence electrons. The van der Waals surface area contributed by atoms with Gasteiger partial charge in [-0.2, -0.15) is 0 Å². The summed E-state index contributed by atoms with van der Waals surface area (Å²) < 4.78 is 26.4. The summed E-state index contributed by atoms with van der Waals surface area (Å²) in [6, 6.07) is 7.64. The smallest absolute Gasteiger partial charge is 0.241 e. The third-order valence-electron chi connectivity index (χ3n) is 3.75. The Bertz CT molecular complexity index is 607. The molecule has 1 amide bonds. The largest absolute Gasteiger partial charge is 0.273 e. The number of sulfonamides is 1. The molecule has 1 N–H and O–H groups in total. The second-order valence-electron chi connectivity index (χ2n) is 5.91. The molecule has 1 aromatic carbocycles. The van der Waals surface area contributed by atoms with Gasteiger partial charge in [0, 0.05) is 0 Å². The Hall–Kier alpha value is -1.36. The van der Waals surface area contributed by atoms with Crippen LogP contribution in [0.15, 0.2) is 24.3 Å². The molecule has 20 heavy (non-hydrogen) atoms. The third-order valence-corrected chi connectivity index (χ3v) is 5.48. The van der Waals surface area contributed by atoms with Crippen LogP contribution in [0.25, 0.3) is 0 Å². The molecule has 0 radical (unpaired) electrons. The van der Waals surface area contributed by atoms with E-state index in [2.05, 4.69) is 4.72 Å². The normalized spacial score (nSPS) is 19.1. The van der Waals surface area contributed by atoms with Gasteiger partial charge in [0.05, 0.1) is 11.2 Å². The van der Waals surface area contributed by atoms with Crippen molar-refractivity contribution in [1.82, 2.24) is 4.72 Å². The lowest BCUT2D eigenvalue weighted by Crippen LogP contribution is -2.42. The lowest BCUT2D eigenvalue weighted by atomic mass is 9.77. The molecule has 0 aromatic heterocycles. The Morgan fingerprint density at radius 1 is 1.30 bits per heavy atom. The average Bonchev–Trinajstić information content (AvgIpc) is 2.29. The molecule has 2 atom stereocenters. The highest BCUT2D eigenvalue weighted by atomic mass is 32.2. The van der Waals surface area contributed by atoms with Gasteiger partial charge in [-0.3, -0.25) is 9.52 Å². The van der Waals surface area contributed by atoms with Crippen molar-refractivity contribution in [3.63, 3.8) is 0 Å². The van der Waals surface area contributed by atoms with Crippen LogP contribution in [0, 0.1) is 5.92 Å². The Morgan fingerprint density at radius 3 is 2.55 bits per heavy atom. The van der Waals surface area contributed by atoms with Crippen LogP contribution < -0.4 is 4.72 Å². The molecule has 5 heteroatoms. The molecule has 1 aromatic rings. The first kappa shape index (κ1) is 15.0. The summed E-state index contributed by atoms with van der Waals surface area (Å²) in [4.78, 5) is 12.1. The van der Waals surface area contributed by atoms with Gasteiger partial charge in [0.1, 0.15) is 0 Å². The van der Waals surface area contributed by atoms with E-state index in [1.807, 2.05) is 38.1 Å². The predicted octanol–water partition coefficient (Wildman–Crippen LogP) is 2.21. The maximum Gasteiger partial charge on any atom is 0.241 e. The Balaban J connectivity index is 2.03. The summed E-state index contributed by atoms with van der Waals surface area (Å²) in [6.07, 6.45) is 1.17. The number of benzene rings is 1. The summed E-state index contributed by atoms with van der Waals surface area (Å²) in [6.45, 7) is 5.58. The summed E-state index contributed by atoms with van der Waals surface area (Å²) in [5, 5.41) is -0.554. The second-order valence-corrected chi connectivity index (χ2v) is 8.01. The number of amides is 1. The van der Waals surface area contributed by atoms with Crippen molar-refractivity contribution in [2.75, 3.05) is 0 Å². The second kappa shape index (κ2) is 5.56. The van der Waals surface area contributed by atoms with Crippen LogP contribution in [0.3, 0.4) is 0 Å². The van der Waals surface area contributed by atoms with Crippen LogP contribution in [0.1, 0.15) is 44.2 Å². The molecule has 2 unspecified atom stereocenters. The highest BCUT2D eigenvalue weighted by Crippen LogP contribution is 2.35. The van der Waals surface area contributed by atoms with Gasteiger partial charge in [-0.25, -0.2) is 8.42 Å². The fourth-order valence-corrected chi connectivity index (χ4v) is 3.86. The lowest BCUT2D eigenvalue weighted by Gasteiger charge is -2.29. The van der Waals surface area contributed by atoms with Crippen LogP contribution >= 0.6 is 0 Å². The highest BCUT2D eigenvalue weighted by Gasteiger charge is 2.35. The molecule has 4 nitrogen and oxygen atoms in total. The number of carbonyl (C=O) groups is 1. The number of hydrogen-bond acceptors (Lipinski definition) is 3. The maximum atomic E-state index is 12.1. The Labute approximate surface area is 120 Å². The quantitative estimate of drug-likeness (QED) is 0.906. The van der Waals surface area contributed by atoms with Crippen LogP contribution in [0.2, 0.25) is 0 Å². The minimum Gasteiger partial charge on any atom is -0.273 e. The van der Waals surface area contributed by atoms with E-state index in [-0.39, 0.29) is 11.8 Å². The van der Waals surface area contributed by atoms with Crippen molar-refractivity contribution >= 4 is 15.9 Å². The van der Waals surface area contributed by atoms with E-state index in [0.717, 1.165) is 11.1 Å². The first-order valence-electron chi connectivity index (χ1n) is 6.94. The average molecular weight is 295 g/mol. The number of rotatable bonds is 5. The summed E-state index contributed by atoms with van der Waals surface area (Å²) in [7, 11) is -3.58.